The zero-order valence-corrected chi connectivity index (χ0v) is 8.65. The third-order valence-corrected chi connectivity index (χ3v) is 1.98. The second-order valence-corrected chi connectivity index (χ2v) is 3.52. The van der Waals surface area contributed by atoms with Gasteiger partial charge in [0.15, 0.2) is 6.17 Å². The van der Waals surface area contributed by atoms with Crippen molar-refractivity contribution in [3.05, 3.63) is 11.6 Å². The molecule has 96 valence electrons. The van der Waals surface area contributed by atoms with Crippen LogP contribution in [0.15, 0.2) is 11.6 Å². The van der Waals surface area contributed by atoms with Crippen LogP contribution in [0.25, 0.3) is 0 Å². The van der Waals surface area contributed by atoms with E-state index in [4.69, 9.17) is 5.11 Å². The number of hydrogen-bond acceptors (Lipinski definition) is 1. The molecule has 0 rings (SSSR count). The molecular weight excluding hydrogens is 238 g/mol. The molecule has 0 aliphatic heterocycles. The summed E-state index contributed by atoms with van der Waals surface area (Å²) in [6.45, 7) is 1.74. The summed E-state index contributed by atoms with van der Waals surface area (Å²) in [5.41, 5.74) is -0.759. The van der Waals surface area contributed by atoms with Crippen molar-refractivity contribution < 1.29 is 31.4 Å². The summed E-state index contributed by atoms with van der Waals surface area (Å²) in [5.74, 6) is -6.30. The molecular formula is C9H12F6O. The van der Waals surface area contributed by atoms with E-state index in [-0.39, 0.29) is 0 Å². The summed E-state index contributed by atoms with van der Waals surface area (Å²) in [4.78, 5) is 0. The monoisotopic (exact) mass is 250 g/mol. The Hall–Kier alpha value is -0.720. The Balaban J connectivity index is 5.17. The van der Waals surface area contributed by atoms with E-state index in [1.165, 1.54) is 13.8 Å². The van der Waals surface area contributed by atoms with Crippen LogP contribution in [-0.2, 0) is 0 Å². The van der Waals surface area contributed by atoms with Crippen molar-refractivity contribution in [1.82, 2.24) is 0 Å². The number of alkyl halides is 6. The first-order valence-electron chi connectivity index (χ1n) is 4.45. The summed E-state index contributed by atoms with van der Waals surface area (Å²) in [5, 5.41) is 8.43. The molecule has 0 saturated heterocycles. The first-order valence-corrected chi connectivity index (χ1v) is 4.45. The van der Waals surface area contributed by atoms with Gasteiger partial charge in [0.05, 0.1) is 6.61 Å². The lowest BCUT2D eigenvalue weighted by atomic mass is 9.94. The quantitative estimate of drug-likeness (QED) is 0.600. The Morgan fingerprint density at radius 2 is 1.62 bits per heavy atom. The van der Waals surface area contributed by atoms with Gasteiger partial charge in [-0.1, -0.05) is 19.9 Å². The van der Waals surface area contributed by atoms with Gasteiger partial charge in [-0.25, -0.2) is 4.39 Å². The Kier molecular flexibility index (Phi) is 4.85. The van der Waals surface area contributed by atoms with E-state index < -0.39 is 36.4 Å². The molecule has 0 aromatic rings. The van der Waals surface area contributed by atoms with Crippen LogP contribution in [0.4, 0.5) is 26.3 Å². The minimum absolute atomic E-state index is 0.634. The molecule has 1 N–H and O–H groups in total. The molecule has 0 fully saturated rings. The molecule has 0 aromatic carbocycles. The fourth-order valence-corrected chi connectivity index (χ4v) is 1.09. The van der Waals surface area contributed by atoms with Crippen molar-refractivity contribution in [1.29, 1.82) is 0 Å². The van der Waals surface area contributed by atoms with Gasteiger partial charge in [0.1, 0.15) is 0 Å². The van der Waals surface area contributed by atoms with Gasteiger partial charge in [-0.2, -0.15) is 22.0 Å². The van der Waals surface area contributed by atoms with Gasteiger partial charge in [0.25, 0.3) is 0 Å². The van der Waals surface area contributed by atoms with E-state index in [1.54, 1.807) is 0 Å². The molecule has 0 amide bonds. The molecule has 1 atom stereocenters. The van der Waals surface area contributed by atoms with Gasteiger partial charge < -0.3 is 5.11 Å². The third kappa shape index (κ3) is 3.13. The molecule has 0 heterocycles. The summed E-state index contributed by atoms with van der Waals surface area (Å²) < 4.78 is 74.0. The molecule has 0 bridgehead atoms. The van der Waals surface area contributed by atoms with Crippen LogP contribution in [0.5, 0.6) is 0 Å². The Bertz CT molecular complexity index is 255. The molecule has 7 heteroatoms. The normalized spacial score (nSPS) is 16.8. The van der Waals surface area contributed by atoms with Crippen molar-refractivity contribution in [2.75, 3.05) is 6.61 Å². The second kappa shape index (κ2) is 5.07. The maximum atomic E-state index is 13.1. The summed E-state index contributed by atoms with van der Waals surface area (Å²) in [7, 11) is 0. The molecule has 0 radical (unpaired) electrons. The Morgan fingerprint density at radius 3 is 1.88 bits per heavy atom. The smallest absolute Gasteiger partial charge is 0.392 e. The third-order valence-electron chi connectivity index (χ3n) is 1.98. The lowest BCUT2D eigenvalue weighted by molar-refractivity contribution is -0.299. The number of aliphatic hydroxyl groups excluding tert-OH is 1. The van der Waals surface area contributed by atoms with Crippen molar-refractivity contribution >= 4 is 0 Å². The van der Waals surface area contributed by atoms with Crippen LogP contribution in [0.3, 0.4) is 0 Å². The highest BCUT2D eigenvalue weighted by Crippen LogP contribution is 2.43. The minimum atomic E-state index is -5.95. The van der Waals surface area contributed by atoms with E-state index in [1.807, 2.05) is 0 Å². The summed E-state index contributed by atoms with van der Waals surface area (Å²) in [6, 6.07) is 0. The summed E-state index contributed by atoms with van der Waals surface area (Å²) >= 11 is 0. The predicted octanol–water partition coefficient (Wildman–Crippen LogP) is 3.10. The zero-order chi connectivity index (χ0) is 13.1. The van der Waals surface area contributed by atoms with Gasteiger partial charge >= 0.3 is 12.1 Å². The summed E-state index contributed by atoms with van der Waals surface area (Å²) in [6.07, 6.45) is -8.79. The maximum absolute atomic E-state index is 13.1. The number of allylic oxidation sites excluding steroid dienone is 1. The second-order valence-electron chi connectivity index (χ2n) is 3.52. The molecule has 16 heavy (non-hydrogen) atoms. The lowest BCUT2D eigenvalue weighted by Gasteiger charge is -2.26. The highest BCUT2D eigenvalue weighted by molar-refractivity contribution is 5.16. The maximum Gasteiger partial charge on any atom is 0.456 e. The molecule has 0 aliphatic rings. The van der Waals surface area contributed by atoms with E-state index >= 15 is 0 Å². The van der Waals surface area contributed by atoms with Gasteiger partial charge in [0.2, 0.25) is 0 Å². The minimum Gasteiger partial charge on any atom is -0.392 e. The molecule has 0 saturated carbocycles. The van der Waals surface area contributed by atoms with E-state index in [9.17, 15) is 26.3 Å². The zero-order valence-electron chi connectivity index (χ0n) is 8.65. The first-order chi connectivity index (χ1) is 7.05. The van der Waals surface area contributed by atoms with Gasteiger partial charge in [0, 0.05) is 0 Å². The average Bonchev–Trinajstić information content (AvgIpc) is 2.10. The highest BCUT2D eigenvalue weighted by Gasteiger charge is 2.64. The van der Waals surface area contributed by atoms with Crippen LogP contribution in [0, 0.1) is 5.92 Å². The van der Waals surface area contributed by atoms with E-state index in [0.717, 1.165) is 0 Å². The standard InChI is InChI=1S/C9H12F6O/c1-5(2)6(3-4-16)7(10)8(11,12)9(13,14)15/h3,5,7,16H,4H2,1-2H3. The van der Waals surface area contributed by atoms with Crippen LogP contribution >= 0.6 is 0 Å². The van der Waals surface area contributed by atoms with Gasteiger partial charge in [-0.05, 0) is 11.5 Å². The fourth-order valence-electron chi connectivity index (χ4n) is 1.09. The van der Waals surface area contributed by atoms with Gasteiger partial charge in [-0.3, -0.25) is 0 Å². The SMILES string of the molecule is CC(C)C(=CCO)C(F)C(F)(F)C(F)(F)F. The van der Waals surface area contributed by atoms with Crippen molar-refractivity contribution in [2.45, 2.75) is 32.1 Å². The number of hydrogen-bond donors (Lipinski definition) is 1. The van der Waals surface area contributed by atoms with Crippen LogP contribution < -0.4 is 0 Å². The van der Waals surface area contributed by atoms with E-state index in [0.29, 0.717) is 6.08 Å². The lowest BCUT2D eigenvalue weighted by Crippen LogP contribution is -2.46. The first kappa shape index (κ1) is 15.3. The molecule has 1 nitrogen and oxygen atoms in total. The van der Waals surface area contributed by atoms with Crippen LogP contribution in [0.1, 0.15) is 13.8 Å². The van der Waals surface area contributed by atoms with Crippen molar-refractivity contribution in [3.8, 4) is 0 Å². The predicted molar refractivity (Wildman–Crippen MR) is 45.9 cm³/mol. The van der Waals surface area contributed by atoms with Crippen LogP contribution in [-0.4, -0.2) is 30.0 Å². The molecule has 0 spiro atoms. The Morgan fingerprint density at radius 1 is 1.19 bits per heavy atom. The number of rotatable bonds is 4. The average molecular weight is 250 g/mol. The number of aliphatic hydroxyl groups is 1. The molecule has 1 unspecified atom stereocenters. The number of halogens is 6. The van der Waals surface area contributed by atoms with Crippen molar-refractivity contribution in [3.63, 3.8) is 0 Å². The molecule has 0 aromatic heterocycles. The topological polar surface area (TPSA) is 20.2 Å². The largest absolute Gasteiger partial charge is 0.456 e. The van der Waals surface area contributed by atoms with E-state index in [2.05, 4.69) is 0 Å². The van der Waals surface area contributed by atoms with Crippen molar-refractivity contribution in [2.24, 2.45) is 5.92 Å². The Labute approximate surface area is 88.8 Å². The molecule has 0 aliphatic carbocycles. The fraction of sp³-hybridized carbons (Fsp3) is 0.778. The van der Waals surface area contributed by atoms with Crippen LogP contribution in [0.2, 0.25) is 0 Å². The van der Waals surface area contributed by atoms with Gasteiger partial charge in [-0.15, -0.1) is 0 Å². The highest BCUT2D eigenvalue weighted by atomic mass is 19.4.